The maximum absolute atomic E-state index is 10.6. The predicted molar refractivity (Wildman–Crippen MR) is 115 cm³/mol. The standard InChI is InChI=1S/C23H20O8/c1-11-16(24)6-12(7-17(11)25)2-4-14-18(26)10-19(27)15(22(14)30)5-3-13-8-20(28)23(31)21(29)9-13/h2-10,24-31H,1H3/b4-2+,5-3+. The summed E-state index contributed by atoms with van der Waals surface area (Å²) in [6.07, 6.45) is 5.42. The lowest BCUT2D eigenvalue weighted by Gasteiger charge is -2.09. The molecule has 31 heavy (non-hydrogen) atoms. The highest BCUT2D eigenvalue weighted by atomic mass is 16.3. The van der Waals surface area contributed by atoms with E-state index in [2.05, 4.69) is 0 Å². The topological polar surface area (TPSA) is 162 Å². The monoisotopic (exact) mass is 424 g/mol. The molecule has 0 fully saturated rings. The van der Waals surface area contributed by atoms with Gasteiger partial charge in [-0.1, -0.05) is 12.2 Å². The number of hydrogen-bond acceptors (Lipinski definition) is 8. The maximum atomic E-state index is 10.6. The summed E-state index contributed by atoms with van der Waals surface area (Å²) in [5.41, 5.74) is 0.890. The summed E-state index contributed by atoms with van der Waals surface area (Å²) in [6.45, 7) is 1.54. The van der Waals surface area contributed by atoms with Crippen LogP contribution in [0.2, 0.25) is 0 Å². The van der Waals surface area contributed by atoms with Gasteiger partial charge in [-0.2, -0.15) is 0 Å². The van der Waals surface area contributed by atoms with Crippen LogP contribution in [-0.4, -0.2) is 40.9 Å². The van der Waals surface area contributed by atoms with Crippen molar-refractivity contribution in [3.63, 3.8) is 0 Å². The fraction of sp³-hybridized carbons (Fsp3) is 0.0435. The lowest BCUT2D eigenvalue weighted by molar-refractivity contribution is 0.368. The third-order valence-electron chi connectivity index (χ3n) is 4.69. The van der Waals surface area contributed by atoms with Gasteiger partial charge in [0.25, 0.3) is 0 Å². The molecule has 0 unspecified atom stereocenters. The van der Waals surface area contributed by atoms with E-state index < -0.39 is 34.5 Å². The molecule has 0 heterocycles. The molecule has 0 amide bonds. The van der Waals surface area contributed by atoms with Gasteiger partial charge in [-0.05, 0) is 54.5 Å². The van der Waals surface area contributed by atoms with E-state index in [1.807, 2.05) is 0 Å². The molecule has 3 rings (SSSR count). The molecule has 0 bridgehead atoms. The number of benzene rings is 3. The highest BCUT2D eigenvalue weighted by Crippen LogP contribution is 2.41. The van der Waals surface area contributed by atoms with Crippen molar-refractivity contribution in [1.82, 2.24) is 0 Å². The molecule has 8 heteroatoms. The van der Waals surface area contributed by atoms with E-state index in [9.17, 15) is 40.9 Å². The first kappa shape index (κ1) is 21.3. The summed E-state index contributed by atoms with van der Waals surface area (Å²) in [5.74, 6) is -3.32. The van der Waals surface area contributed by atoms with Gasteiger partial charge in [0.05, 0.1) is 11.1 Å². The fourth-order valence-electron chi connectivity index (χ4n) is 2.88. The van der Waals surface area contributed by atoms with E-state index in [1.165, 1.54) is 36.4 Å². The molecule has 0 spiro atoms. The fourth-order valence-corrected chi connectivity index (χ4v) is 2.88. The second kappa shape index (κ2) is 8.11. The number of aromatic hydroxyl groups is 8. The van der Waals surface area contributed by atoms with Gasteiger partial charge in [0, 0.05) is 11.6 Å². The summed E-state index contributed by atoms with van der Waals surface area (Å²) >= 11 is 0. The Kier molecular flexibility index (Phi) is 5.56. The minimum Gasteiger partial charge on any atom is -0.508 e. The largest absolute Gasteiger partial charge is 0.508 e. The van der Waals surface area contributed by atoms with Gasteiger partial charge in [0.2, 0.25) is 0 Å². The van der Waals surface area contributed by atoms with Crippen LogP contribution in [0.3, 0.4) is 0 Å². The Hall–Kier alpha value is -4.46. The highest BCUT2D eigenvalue weighted by molar-refractivity contribution is 5.84. The van der Waals surface area contributed by atoms with Crippen LogP contribution in [-0.2, 0) is 0 Å². The molecular weight excluding hydrogens is 404 g/mol. The number of rotatable bonds is 4. The summed E-state index contributed by atoms with van der Waals surface area (Å²) in [6, 6.07) is 6.14. The molecule has 0 aliphatic heterocycles. The van der Waals surface area contributed by atoms with Crippen LogP contribution in [0, 0.1) is 6.92 Å². The molecule has 0 saturated carbocycles. The lowest BCUT2D eigenvalue weighted by Crippen LogP contribution is -1.85. The van der Waals surface area contributed by atoms with Gasteiger partial charge in [-0.25, -0.2) is 0 Å². The Labute approximate surface area is 176 Å². The SMILES string of the molecule is Cc1c(O)cc(/C=C/c2c(O)cc(O)c(/C=C/c3cc(O)c(O)c(O)c3)c2O)cc1O. The van der Waals surface area contributed by atoms with Crippen LogP contribution in [0.4, 0.5) is 0 Å². The Bertz CT molecular complexity index is 1090. The Balaban J connectivity index is 2.00. The van der Waals surface area contributed by atoms with Crippen molar-refractivity contribution >= 4 is 24.3 Å². The van der Waals surface area contributed by atoms with Crippen molar-refractivity contribution in [1.29, 1.82) is 0 Å². The Morgan fingerprint density at radius 1 is 0.452 bits per heavy atom. The normalized spacial score (nSPS) is 11.5. The maximum Gasteiger partial charge on any atom is 0.200 e. The Morgan fingerprint density at radius 3 is 1.26 bits per heavy atom. The average molecular weight is 424 g/mol. The first-order valence-corrected chi connectivity index (χ1v) is 9.00. The molecule has 3 aromatic rings. The van der Waals surface area contributed by atoms with Crippen molar-refractivity contribution in [2.24, 2.45) is 0 Å². The van der Waals surface area contributed by atoms with Crippen LogP contribution in [0.25, 0.3) is 24.3 Å². The number of phenolic OH excluding ortho intramolecular Hbond substituents is 8. The minimum atomic E-state index is -0.673. The van der Waals surface area contributed by atoms with E-state index in [1.54, 1.807) is 6.92 Å². The molecule has 160 valence electrons. The van der Waals surface area contributed by atoms with Crippen LogP contribution in [0.15, 0.2) is 30.3 Å². The van der Waals surface area contributed by atoms with E-state index in [4.69, 9.17) is 0 Å². The van der Waals surface area contributed by atoms with E-state index in [-0.39, 0.29) is 28.2 Å². The van der Waals surface area contributed by atoms with Crippen molar-refractivity contribution in [2.75, 3.05) is 0 Å². The molecule has 0 aromatic heterocycles. The second-order valence-corrected chi connectivity index (χ2v) is 6.85. The zero-order valence-electron chi connectivity index (χ0n) is 16.3. The van der Waals surface area contributed by atoms with Crippen molar-refractivity contribution < 1.29 is 40.9 Å². The zero-order chi connectivity index (χ0) is 22.9. The highest BCUT2D eigenvalue weighted by Gasteiger charge is 2.14. The van der Waals surface area contributed by atoms with Gasteiger partial charge in [-0.3, -0.25) is 0 Å². The molecule has 8 N–H and O–H groups in total. The number of hydrogen-bond donors (Lipinski definition) is 8. The van der Waals surface area contributed by atoms with Crippen molar-refractivity contribution in [3.05, 3.63) is 58.1 Å². The van der Waals surface area contributed by atoms with Gasteiger partial charge in [-0.15, -0.1) is 0 Å². The quantitative estimate of drug-likeness (QED) is 0.230. The van der Waals surface area contributed by atoms with Gasteiger partial charge in [0.1, 0.15) is 28.7 Å². The van der Waals surface area contributed by atoms with Gasteiger partial charge in [0.15, 0.2) is 17.2 Å². The van der Waals surface area contributed by atoms with E-state index in [0.717, 1.165) is 18.2 Å². The summed E-state index contributed by atoms with van der Waals surface area (Å²) in [4.78, 5) is 0. The van der Waals surface area contributed by atoms with E-state index >= 15 is 0 Å². The lowest BCUT2D eigenvalue weighted by atomic mass is 10.0. The summed E-state index contributed by atoms with van der Waals surface area (Å²) < 4.78 is 0. The molecule has 0 saturated heterocycles. The first-order chi connectivity index (χ1) is 14.6. The molecule has 0 radical (unpaired) electrons. The molecule has 8 nitrogen and oxygen atoms in total. The summed E-state index contributed by atoms with van der Waals surface area (Å²) in [5, 5.41) is 79.0. The molecule has 0 atom stereocenters. The minimum absolute atomic E-state index is 0.0339. The first-order valence-electron chi connectivity index (χ1n) is 9.00. The summed E-state index contributed by atoms with van der Waals surface area (Å²) in [7, 11) is 0. The molecule has 0 aliphatic rings. The van der Waals surface area contributed by atoms with Crippen LogP contribution in [0.5, 0.6) is 46.0 Å². The Morgan fingerprint density at radius 2 is 0.839 bits per heavy atom. The molecule has 0 aliphatic carbocycles. The van der Waals surface area contributed by atoms with Gasteiger partial charge >= 0.3 is 0 Å². The molecular formula is C23H20O8. The third kappa shape index (κ3) is 4.27. The molecule has 3 aromatic carbocycles. The van der Waals surface area contributed by atoms with E-state index in [0.29, 0.717) is 11.1 Å². The van der Waals surface area contributed by atoms with Crippen LogP contribution >= 0.6 is 0 Å². The van der Waals surface area contributed by atoms with Crippen LogP contribution < -0.4 is 0 Å². The van der Waals surface area contributed by atoms with Crippen molar-refractivity contribution in [3.8, 4) is 46.0 Å². The van der Waals surface area contributed by atoms with Gasteiger partial charge < -0.3 is 40.9 Å². The number of phenols is 8. The van der Waals surface area contributed by atoms with Crippen LogP contribution in [0.1, 0.15) is 27.8 Å². The second-order valence-electron chi connectivity index (χ2n) is 6.85. The predicted octanol–water partition coefficient (Wildman–Crippen LogP) is 3.98. The average Bonchev–Trinajstić information content (AvgIpc) is 2.69. The van der Waals surface area contributed by atoms with Crippen molar-refractivity contribution in [2.45, 2.75) is 6.92 Å². The smallest absolute Gasteiger partial charge is 0.200 e. The zero-order valence-corrected chi connectivity index (χ0v) is 16.3. The third-order valence-corrected chi connectivity index (χ3v) is 4.69.